The van der Waals surface area contributed by atoms with Crippen molar-refractivity contribution in [1.82, 2.24) is 10.2 Å². The maximum atomic E-state index is 11.2. The van der Waals surface area contributed by atoms with E-state index in [0.29, 0.717) is 18.6 Å². The number of rotatable bonds is 5. The van der Waals surface area contributed by atoms with Crippen molar-refractivity contribution in [3.05, 3.63) is 0 Å². The van der Waals surface area contributed by atoms with Crippen LogP contribution < -0.4 is 5.32 Å². The normalized spacial score (nSPS) is 28.3. The lowest BCUT2D eigenvalue weighted by molar-refractivity contribution is -0.140. The number of nitrogens with zero attached hydrogens (tertiary/aromatic N) is 1. The summed E-state index contributed by atoms with van der Waals surface area (Å²) in [6.07, 6.45) is 3.62. The molecule has 1 rings (SSSR count). The summed E-state index contributed by atoms with van der Waals surface area (Å²) in [5, 5.41) is 12.4. The Balaban J connectivity index is 2.61. The number of carboxylic acids is 1. The molecule has 1 fully saturated rings. The predicted molar refractivity (Wildman–Crippen MR) is 69.2 cm³/mol. The molecule has 0 amide bonds. The fraction of sp³-hybridized carbons (Fsp3) is 0.923. The second-order valence-corrected chi connectivity index (χ2v) is 5.54. The molecule has 0 radical (unpaired) electrons. The molecule has 1 heterocycles. The quantitative estimate of drug-likeness (QED) is 0.770. The van der Waals surface area contributed by atoms with E-state index in [0.717, 1.165) is 0 Å². The number of carbonyl (C=O) groups is 1. The minimum absolute atomic E-state index is 0.200. The predicted octanol–water partition coefficient (Wildman–Crippen LogP) is 1.70. The van der Waals surface area contributed by atoms with Crippen LogP contribution >= 0.6 is 0 Å². The van der Waals surface area contributed by atoms with E-state index in [2.05, 4.69) is 24.1 Å². The zero-order chi connectivity index (χ0) is 13.0. The van der Waals surface area contributed by atoms with Crippen molar-refractivity contribution in [2.24, 2.45) is 0 Å². The van der Waals surface area contributed by atoms with Crippen LogP contribution in [0.15, 0.2) is 0 Å². The van der Waals surface area contributed by atoms with Gasteiger partial charge in [0.2, 0.25) is 0 Å². The van der Waals surface area contributed by atoms with E-state index in [1.165, 1.54) is 19.3 Å². The van der Waals surface area contributed by atoms with E-state index in [1.807, 2.05) is 13.8 Å². The Bertz CT molecular complexity index is 246. The van der Waals surface area contributed by atoms with E-state index in [9.17, 15) is 9.90 Å². The van der Waals surface area contributed by atoms with Crippen molar-refractivity contribution in [2.45, 2.75) is 71.1 Å². The Morgan fingerprint density at radius 3 is 2.29 bits per heavy atom. The van der Waals surface area contributed by atoms with Gasteiger partial charge in [0.1, 0.15) is 6.04 Å². The van der Waals surface area contributed by atoms with Crippen molar-refractivity contribution in [1.29, 1.82) is 0 Å². The molecule has 4 heteroatoms. The van der Waals surface area contributed by atoms with Gasteiger partial charge in [0, 0.05) is 24.7 Å². The topological polar surface area (TPSA) is 52.6 Å². The molecule has 17 heavy (non-hydrogen) atoms. The Morgan fingerprint density at radius 1 is 1.35 bits per heavy atom. The first-order valence-electron chi connectivity index (χ1n) is 6.66. The van der Waals surface area contributed by atoms with Gasteiger partial charge in [-0.25, -0.2) is 0 Å². The van der Waals surface area contributed by atoms with Gasteiger partial charge in [-0.15, -0.1) is 0 Å². The molecule has 0 bridgehead atoms. The number of carboxylic acid groups (broad SMARTS) is 1. The number of nitrogens with one attached hydrogen (secondary N) is 1. The molecule has 1 unspecified atom stereocenters. The van der Waals surface area contributed by atoms with Crippen molar-refractivity contribution in [3.63, 3.8) is 0 Å². The van der Waals surface area contributed by atoms with E-state index in [-0.39, 0.29) is 6.04 Å². The molecule has 100 valence electrons. The molecular formula is C13H26N2O2. The van der Waals surface area contributed by atoms with Crippen LogP contribution in [-0.2, 0) is 4.79 Å². The number of likely N-dealkylation sites (tertiary alicyclic amines) is 1. The summed E-state index contributed by atoms with van der Waals surface area (Å²) >= 11 is 0. The van der Waals surface area contributed by atoms with Crippen LogP contribution in [0.2, 0.25) is 0 Å². The van der Waals surface area contributed by atoms with Gasteiger partial charge in [-0.05, 0) is 26.7 Å². The summed E-state index contributed by atoms with van der Waals surface area (Å²) in [6.45, 7) is 8.97. The second kappa shape index (κ2) is 6.36. The first kappa shape index (κ1) is 14.5. The molecule has 1 aliphatic rings. The van der Waals surface area contributed by atoms with E-state index >= 15 is 0 Å². The lowest BCUT2D eigenvalue weighted by Crippen LogP contribution is -2.54. The SMILES string of the molecule is CC(C)NC(CN1[C@H](C)CCC[C@@H]1C)C(=O)O. The fourth-order valence-electron chi connectivity index (χ4n) is 2.65. The minimum atomic E-state index is -0.747. The van der Waals surface area contributed by atoms with Crippen LogP contribution in [0.4, 0.5) is 0 Å². The van der Waals surface area contributed by atoms with Crippen molar-refractivity contribution in [3.8, 4) is 0 Å². The van der Waals surface area contributed by atoms with Gasteiger partial charge in [0.05, 0.1) is 0 Å². The third kappa shape index (κ3) is 4.28. The number of hydrogen-bond donors (Lipinski definition) is 2. The highest BCUT2D eigenvalue weighted by Gasteiger charge is 2.29. The molecule has 2 N–H and O–H groups in total. The van der Waals surface area contributed by atoms with Gasteiger partial charge < -0.3 is 10.4 Å². The molecule has 0 spiro atoms. The molecule has 0 aromatic rings. The molecule has 1 saturated heterocycles. The van der Waals surface area contributed by atoms with Gasteiger partial charge in [0.15, 0.2) is 0 Å². The van der Waals surface area contributed by atoms with E-state index in [1.54, 1.807) is 0 Å². The number of aliphatic carboxylic acids is 1. The van der Waals surface area contributed by atoms with Gasteiger partial charge in [-0.2, -0.15) is 0 Å². The maximum absolute atomic E-state index is 11.2. The molecular weight excluding hydrogens is 216 g/mol. The summed E-state index contributed by atoms with van der Waals surface area (Å²) in [5.41, 5.74) is 0. The van der Waals surface area contributed by atoms with Gasteiger partial charge in [-0.3, -0.25) is 9.69 Å². The van der Waals surface area contributed by atoms with Crippen LogP contribution in [0, 0.1) is 0 Å². The second-order valence-electron chi connectivity index (χ2n) is 5.54. The highest BCUT2D eigenvalue weighted by atomic mass is 16.4. The largest absolute Gasteiger partial charge is 0.480 e. The monoisotopic (exact) mass is 242 g/mol. The zero-order valence-electron chi connectivity index (χ0n) is 11.4. The smallest absolute Gasteiger partial charge is 0.322 e. The summed E-state index contributed by atoms with van der Waals surface area (Å²) in [5.74, 6) is -0.747. The summed E-state index contributed by atoms with van der Waals surface area (Å²) in [6, 6.07) is 0.730. The Labute approximate surface area is 104 Å². The number of hydrogen-bond acceptors (Lipinski definition) is 3. The Morgan fingerprint density at radius 2 is 1.88 bits per heavy atom. The molecule has 1 aliphatic heterocycles. The molecule has 4 nitrogen and oxygen atoms in total. The van der Waals surface area contributed by atoms with E-state index in [4.69, 9.17) is 0 Å². The van der Waals surface area contributed by atoms with Crippen LogP contribution in [0.5, 0.6) is 0 Å². The lowest BCUT2D eigenvalue weighted by atomic mass is 9.97. The van der Waals surface area contributed by atoms with Crippen LogP contribution in [0.25, 0.3) is 0 Å². The van der Waals surface area contributed by atoms with Crippen LogP contribution in [0.1, 0.15) is 47.0 Å². The third-order valence-electron chi connectivity index (χ3n) is 3.60. The summed E-state index contributed by atoms with van der Waals surface area (Å²) < 4.78 is 0. The molecule has 3 atom stereocenters. The third-order valence-corrected chi connectivity index (χ3v) is 3.60. The lowest BCUT2D eigenvalue weighted by Gasteiger charge is -2.40. The summed E-state index contributed by atoms with van der Waals surface area (Å²) in [4.78, 5) is 13.6. The minimum Gasteiger partial charge on any atom is -0.480 e. The maximum Gasteiger partial charge on any atom is 0.322 e. The molecule has 0 aromatic heterocycles. The highest BCUT2D eigenvalue weighted by Crippen LogP contribution is 2.22. The Kier molecular flexibility index (Phi) is 5.40. The zero-order valence-corrected chi connectivity index (χ0v) is 11.4. The van der Waals surface area contributed by atoms with Gasteiger partial charge in [0.25, 0.3) is 0 Å². The van der Waals surface area contributed by atoms with Crippen molar-refractivity contribution >= 4 is 5.97 Å². The average molecular weight is 242 g/mol. The van der Waals surface area contributed by atoms with Gasteiger partial charge >= 0.3 is 5.97 Å². The standard InChI is InChI=1S/C13H26N2O2/c1-9(2)14-12(13(16)17)8-15-10(3)6-5-7-11(15)4/h9-12,14H,5-8H2,1-4H3,(H,16,17)/t10-,11+,12?. The first-order valence-corrected chi connectivity index (χ1v) is 6.66. The van der Waals surface area contributed by atoms with Crippen molar-refractivity contribution in [2.75, 3.05) is 6.54 Å². The Hall–Kier alpha value is -0.610. The van der Waals surface area contributed by atoms with Gasteiger partial charge in [-0.1, -0.05) is 20.3 Å². The van der Waals surface area contributed by atoms with Crippen LogP contribution in [-0.4, -0.2) is 46.7 Å². The molecule has 0 aromatic carbocycles. The highest BCUT2D eigenvalue weighted by molar-refractivity contribution is 5.73. The van der Waals surface area contributed by atoms with Crippen molar-refractivity contribution < 1.29 is 9.90 Å². The number of piperidine rings is 1. The molecule has 0 aliphatic carbocycles. The molecule has 0 saturated carbocycles. The van der Waals surface area contributed by atoms with E-state index < -0.39 is 12.0 Å². The first-order chi connectivity index (χ1) is 7.91. The summed E-state index contributed by atoms with van der Waals surface area (Å²) in [7, 11) is 0. The van der Waals surface area contributed by atoms with Crippen LogP contribution in [0.3, 0.4) is 0 Å². The fourth-order valence-corrected chi connectivity index (χ4v) is 2.65. The average Bonchev–Trinajstić information content (AvgIpc) is 2.21.